The Balaban J connectivity index is 1.45. The quantitative estimate of drug-likeness (QED) is 0.519. The number of benzene rings is 2. The Hall–Kier alpha value is -3.35. The van der Waals surface area contributed by atoms with Crippen LogP contribution in [0.4, 0.5) is 4.79 Å². The van der Waals surface area contributed by atoms with Crippen molar-refractivity contribution >= 4 is 18.0 Å². The topological polar surface area (TPSA) is 105 Å². The number of carboxylic acids is 1. The Morgan fingerprint density at radius 2 is 1.53 bits per heavy atom. The molecule has 2 aromatic rings. The maximum atomic E-state index is 12.3. The van der Waals surface area contributed by atoms with Crippen molar-refractivity contribution in [2.75, 3.05) is 6.61 Å². The smallest absolute Gasteiger partial charge is 0.407 e. The van der Waals surface area contributed by atoms with E-state index in [2.05, 4.69) is 34.9 Å². The zero-order valence-electron chi connectivity index (χ0n) is 18.5. The Bertz CT molecular complexity index is 929. The first kappa shape index (κ1) is 23.3. The SMILES string of the molecule is CC(CCCC(=O)O)NC(=O)CC(C)NC(=O)OCC1c2ccccc2-c2ccccc21. The molecule has 1 aliphatic rings. The molecule has 0 saturated heterocycles. The Labute approximate surface area is 188 Å². The summed E-state index contributed by atoms with van der Waals surface area (Å²) in [4.78, 5) is 35.1. The van der Waals surface area contributed by atoms with Gasteiger partial charge in [0.2, 0.25) is 5.91 Å². The molecular formula is C25H30N2O5. The van der Waals surface area contributed by atoms with Crippen LogP contribution in [0, 0.1) is 0 Å². The summed E-state index contributed by atoms with van der Waals surface area (Å²) in [6.07, 6.45) is 0.742. The fourth-order valence-corrected chi connectivity index (χ4v) is 4.14. The highest BCUT2D eigenvalue weighted by Crippen LogP contribution is 2.44. The standard InChI is InChI=1S/C25H30N2O5/c1-16(8-7-13-24(29)30)26-23(28)14-17(2)27-25(31)32-15-22-20-11-5-3-9-18(20)19-10-4-6-12-21(19)22/h3-6,9-12,16-17,22H,7-8,13-15H2,1-2H3,(H,26,28)(H,27,31)(H,29,30). The molecule has 0 spiro atoms. The number of hydrogen-bond acceptors (Lipinski definition) is 4. The van der Waals surface area contributed by atoms with Gasteiger partial charge in [-0.25, -0.2) is 4.79 Å². The molecule has 0 heterocycles. The van der Waals surface area contributed by atoms with E-state index in [1.54, 1.807) is 6.92 Å². The van der Waals surface area contributed by atoms with Crippen LogP contribution >= 0.6 is 0 Å². The molecule has 2 atom stereocenters. The summed E-state index contributed by atoms with van der Waals surface area (Å²) < 4.78 is 5.51. The van der Waals surface area contributed by atoms with Crippen molar-refractivity contribution in [1.29, 1.82) is 0 Å². The molecule has 0 aliphatic heterocycles. The van der Waals surface area contributed by atoms with Crippen molar-refractivity contribution in [2.24, 2.45) is 0 Å². The van der Waals surface area contributed by atoms with Crippen molar-refractivity contribution in [3.8, 4) is 11.1 Å². The van der Waals surface area contributed by atoms with Gasteiger partial charge in [-0.15, -0.1) is 0 Å². The van der Waals surface area contributed by atoms with Gasteiger partial charge in [0.15, 0.2) is 0 Å². The maximum Gasteiger partial charge on any atom is 0.407 e. The molecule has 0 fully saturated rings. The van der Waals surface area contributed by atoms with Gasteiger partial charge in [0, 0.05) is 30.8 Å². The number of carboxylic acid groups (broad SMARTS) is 1. The predicted octanol–water partition coefficient (Wildman–Crippen LogP) is 4.06. The molecule has 2 amide bonds. The van der Waals surface area contributed by atoms with Crippen LogP contribution in [-0.2, 0) is 14.3 Å². The number of hydrogen-bond donors (Lipinski definition) is 3. The summed E-state index contributed by atoms with van der Waals surface area (Å²) in [6.45, 7) is 3.80. The average molecular weight is 439 g/mol. The zero-order valence-corrected chi connectivity index (χ0v) is 18.5. The van der Waals surface area contributed by atoms with Gasteiger partial charge in [0.1, 0.15) is 6.61 Å². The number of ether oxygens (including phenoxy) is 1. The number of alkyl carbamates (subject to hydrolysis) is 1. The molecule has 2 unspecified atom stereocenters. The van der Waals surface area contributed by atoms with Crippen LogP contribution < -0.4 is 10.6 Å². The number of fused-ring (bicyclic) bond motifs is 3. The number of amides is 2. The molecule has 0 bridgehead atoms. The lowest BCUT2D eigenvalue weighted by molar-refractivity contribution is -0.137. The van der Waals surface area contributed by atoms with E-state index in [9.17, 15) is 14.4 Å². The monoisotopic (exact) mass is 438 g/mol. The third-order valence-electron chi connectivity index (χ3n) is 5.63. The molecule has 7 heteroatoms. The van der Waals surface area contributed by atoms with Crippen LogP contribution in [0.5, 0.6) is 0 Å². The molecule has 32 heavy (non-hydrogen) atoms. The minimum Gasteiger partial charge on any atom is -0.481 e. The van der Waals surface area contributed by atoms with Gasteiger partial charge in [-0.1, -0.05) is 48.5 Å². The third-order valence-corrected chi connectivity index (χ3v) is 5.63. The van der Waals surface area contributed by atoms with Gasteiger partial charge in [0.05, 0.1) is 0 Å². The normalized spacial score (nSPS) is 14.1. The van der Waals surface area contributed by atoms with Crippen LogP contribution in [0.2, 0.25) is 0 Å². The van der Waals surface area contributed by atoms with E-state index in [4.69, 9.17) is 9.84 Å². The third kappa shape index (κ3) is 6.09. The largest absolute Gasteiger partial charge is 0.481 e. The second kappa shape index (κ2) is 10.8. The second-order valence-corrected chi connectivity index (χ2v) is 8.33. The van der Waals surface area contributed by atoms with Crippen molar-refractivity contribution in [1.82, 2.24) is 10.6 Å². The maximum absolute atomic E-state index is 12.3. The minimum absolute atomic E-state index is 0.0154. The van der Waals surface area contributed by atoms with E-state index in [1.165, 1.54) is 11.1 Å². The Kier molecular flexibility index (Phi) is 7.87. The lowest BCUT2D eigenvalue weighted by atomic mass is 9.98. The number of carbonyl (C=O) groups is 3. The highest BCUT2D eigenvalue weighted by Gasteiger charge is 2.29. The van der Waals surface area contributed by atoms with Crippen molar-refractivity contribution < 1.29 is 24.2 Å². The summed E-state index contributed by atoms with van der Waals surface area (Å²) in [7, 11) is 0. The minimum atomic E-state index is -0.843. The van der Waals surface area contributed by atoms with Gasteiger partial charge in [-0.05, 0) is 48.9 Å². The molecule has 0 saturated carbocycles. The molecule has 3 N–H and O–H groups in total. The average Bonchev–Trinajstić information content (AvgIpc) is 3.05. The lowest BCUT2D eigenvalue weighted by Crippen LogP contribution is -2.40. The van der Waals surface area contributed by atoms with Gasteiger partial charge in [-0.3, -0.25) is 9.59 Å². The van der Waals surface area contributed by atoms with E-state index < -0.39 is 18.1 Å². The first-order valence-electron chi connectivity index (χ1n) is 11.0. The van der Waals surface area contributed by atoms with Gasteiger partial charge < -0.3 is 20.5 Å². The molecule has 3 rings (SSSR count). The lowest BCUT2D eigenvalue weighted by Gasteiger charge is -2.18. The summed E-state index contributed by atoms with van der Waals surface area (Å²) in [5.74, 6) is -1.05. The van der Waals surface area contributed by atoms with Crippen LogP contribution in [0.3, 0.4) is 0 Å². The fraction of sp³-hybridized carbons (Fsp3) is 0.400. The second-order valence-electron chi connectivity index (χ2n) is 8.33. The zero-order chi connectivity index (χ0) is 23.1. The van der Waals surface area contributed by atoms with Gasteiger partial charge >= 0.3 is 12.1 Å². The summed E-state index contributed by atoms with van der Waals surface area (Å²) in [6, 6.07) is 15.8. The van der Waals surface area contributed by atoms with E-state index in [-0.39, 0.29) is 37.3 Å². The van der Waals surface area contributed by atoms with Crippen molar-refractivity contribution in [3.05, 3.63) is 59.7 Å². The highest BCUT2D eigenvalue weighted by molar-refractivity contribution is 5.79. The van der Waals surface area contributed by atoms with Crippen LogP contribution in [0.25, 0.3) is 11.1 Å². The summed E-state index contributed by atoms with van der Waals surface area (Å²) >= 11 is 0. The number of aliphatic carboxylic acids is 1. The van der Waals surface area contributed by atoms with Gasteiger partial charge in [0.25, 0.3) is 0 Å². The Morgan fingerprint density at radius 1 is 0.938 bits per heavy atom. The Morgan fingerprint density at radius 3 is 2.12 bits per heavy atom. The summed E-state index contributed by atoms with van der Waals surface area (Å²) in [5.41, 5.74) is 4.62. The van der Waals surface area contributed by atoms with Crippen molar-refractivity contribution in [2.45, 2.75) is 57.5 Å². The molecule has 7 nitrogen and oxygen atoms in total. The van der Waals surface area contributed by atoms with Crippen molar-refractivity contribution in [3.63, 3.8) is 0 Å². The van der Waals surface area contributed by atoms with Crippen LogP contribution in [-0.4, -0.2) is 41.8 Å². The molecular weight excluding hydrogens is 408 g/mol. The van der Waals surface area contributed by atoms with E-state index in [1.807, 2.05) is 31.2 Å². The van der Waals surface area contributed by atoms with Crippen LogP contribution in [0.15, 0.2) is 48.5 Å². The fourth-order valence-electron chi connectivity index (χ4n) is 4.14. The number of carbonyl (C=O) groups excluding carboxylic acids is 2. The van der Waals surface area contributed by atoms with E-state index in [0.717, 1.165) is 11.1 Å². The van der Waals surface area contributed by atoms with E-state index in [0.29, 0.717) is 12.8 Å². The van der Waals surface area contributed by atoms with Gasteiger partial charge in [-0.2, -0.15) is 0 Å². The molecule has 1 aliphatic carbocycles. The van der Waals surface area contributed by atoms with Crippen LogP contribution in [0.1, 0.15) is 56.6 Å². The molecule has 2 aromatic carbocycles. The first-order valence-corrected chi connectivity index (χ1v) is 11.0. The first-order chi connectivity index (χ1) is 15.3. The predicted molar refractivity (Wildman–Crippen MR) is 121 cm³/mol. The molecule has 0 aromatic heterocycles. The molecule has 0 radical (unpaired) electrons. The molecule has 170 valence electrons. The van der Waals surface area contributed by atoms with E-state index >= 15 is 0 Å². The number of rotatable bonds is 10. The highest BCUT2D eigenvalue weighted by atomic mass is 16.5. The number of nitrogens with one attached hydrogen (secondary N) is 2. The summed E-state index contributed by atoms with van der Waals surface area (Å²) in [5, 5.41) is 14.2.